The summed E-state index contributed by atoms with van der Waals surface area (Å²) in [6.45, 7) is 7.67. The highest BCUT2D eigenvalue weighted by Gasteiger charge is 2.12. The summed E-state index contributed by atoms with van der Waals surface area (Å²) in [5, 5.41) is 16.2. The largest absolute Gasteiger partial charge is 0.357 e. The third-order valence-electron chi connectivity index (χ3n) is 5.12. The van der Waals surface area contributed by atoms with E-state index in [2.05, 4.69) is 15.5 Å². The minimum atomic E-state index is -0.550. The van der Waals surface area contributed by atoms with E-state index in [0.29, 0.717) is 31.2 Å². The summed E-state index contributed by atoms with van der Waals surface area (Å²) in [4.78, 5) is 28.4. The smallest absolute Gasteiger partial charge is 0.262 e. The average Bonchev–Trinajstić information content (AvgIpc) is 2.91. The summed E-state index contributed by atoms with van der Waals surface area (Å²) in [7, 11) is 0. The summed E-state index contributed by atoms with van der Waals surface area (Å²) in [5.41, 5.74) is 2.46. The maximum Gasteiger partial charge on any atom is 0.262 e. The van der Waals surface area contributed by atoms with Crippen molar-refractivity contribution in [3.63, 3.8) is 0 Å². The van der Waals surface area contributed by atoms with E-state index in [1.807, 2.05) is 6.07 Å². The molecule has 3 aromatic carbocycles. The van der Waals surface area contributed by atoms with Crippen LogP contribution in [0.3, 0.4) is 0 Å². The van der Waals surface area contributed by atoms with Crippen molar-refractivity contribution in [2.75, 3.05) is 0 Å². The van der Waals surface area contributed by atoms with E-state index < -0.39 is 11.8 Å². The van der Waals surface area contributed by atoms with Crippen LogP contribution in [0, 0.1) is 17.9 Å². The highest BCUT2D eigenvalue weighted by Crippen LogP contribution is 2.25. The first-order valence-electron chi connectivity index (χ1n) is 11.0. The fourth-order valence-corrected chi connectivity index (χ4v) is 3.84. The molecule has 0 saturated heterocycles. The fourth-order valence-electron chi connectivity index (χ4n) is 3.23. The molecule has 0 aliphatic rings. The fraction of sp³-hybridized carbons (Fsp3) is 0.0714. The number of hydrogen-bond acceptors (Lipinski definition) is 3. The van der Waals surface area contributed by atoms with Crippen molar-refractivity contribution in [2.24, 2.45) is 0 Å². The maximum absolute atomic E-state index is 12.5. The number of amides is 2. The number of rotatable bonds is 8. The van der Waals surface area contributed by atoms with Crippen molar-refractivity contribution in [3.8, 4) is 6.07 Å². The van der Waals surface area contributed by atoms with Gasteiger partial charge in [0.15, 0.2) is 0 Å². The second-order valence-corrected chi connectivity index (χ2v) is 9.47. The predicted octanol–water partition coefficient (Wildman–Crippen LogP) is 7.10. The van der Waals surface area contributed by atoms with Gasteiger partial charge in [0.25, 0.3) is 17.5 Å². The van der Waals surface area contributed by atoms with E-state index in [9.17, 15) is 14.9 Å². The lowest BCUT2D eigenvalue weighted by Gasteiger charge is -2.09. The molecule has 0 atom stereocenters. The molecule has 0 heterocycles. The molecule has 2 amide bonds. The molecule has 0 bridgehead atoms. The first-order valence-corrected chi connectivity index (χ1v) is 12.5. The van der Waals surface area contributed by atoms with E-state index >= 15 is 0 Å². The second-order valence-electron chi connectivity index (χ2n) is 7.84. The van der Waals surface area contributed by atoms with Gasteiger partial charge in [0.2, 0.25) is 0 Å². The number of carbonyl (C=O) groups excluding carboxylic acids is 2. The molecule has 0 aliphatic carbocycles. The van der Waals surface area contributed by atoms with Crippen LogP contribution in [0.1, 0.15) is 22.3 Å². The molecule has 2 N–H and O–H groups in total. The van der Waals surface area contributed by atoms with Crippen molar-refractivity contribution in [3.05, 3.63) is 126 Å². The van der Waals surface area contributed by atoms with Crippen LogP contribution in [-0.2, 0) is 22.7 Å². The summed E-state index contributed by atoms with van der Waals surface area (Å²) in [6.07, 6.45) is 2.85. The van der Waals surface area contributed by atoms with Crippen LogP contribution in [0.15, 0.2) is 71.9 Å². The summed E-state index contributed by atoms with van der Waals surface area (Å²) in [5.74, 6) is -1.10. The van der Waals surface area contributed by atoms with Crippen LogP contribution in [0.5, 0.6) is 0 Å². The Kier molecular flexibility index (Phi) is 10.4. The van der Waals surface area contributed by atoms with Gasteiger partial charge in [-0.25, -0.2) is 4.85 Å². The third-order valence-corrected chi connectivity index (χ3v) is 6.60. The Bertz CT molecular complexity index is 1420. The van der Waals surface area contributed by atoms with Gasteiger partial charge in [-0.15, -0.1) is 0 Å². The summed E-state index contributed by atoms with van der Waals surface area (Å²) >= 11 is 23.8. The van der Waals surface area contributed by atoms with Gasteiger partial charge < -0.3 is 10.6 Å². The first kappa shape index (κ1) is 28.8. The van der Waals surface area contributed by atoms with Crippen LogP contribution in [0.4, 0.5) is 0 Å². The van der Waals surface area contributed by atoms with Gasteiger partial charge in [-0.05, 0) is 58.7 Å². The van der Waals surface area contributed by atoms with Crippen LogP contribution in [0.25, 0.3) is 17.0 Å². The Hall–Kier alpha value is -3.78. The van der Waals surface area contributed by atoms with Gasteiger partial charge in [-0.2, -0.15) is 5.26 Å². The van der Waals surface area contributed by atoms with Crippen LogP contribution < -0.4 is 10.6 Å². The van der Waals surface area contributed by atoms with Crippen molar-refractivity contribution in [2.45, 2.75) is 13.1 Å². The molecule has 38 heavy (non-hydrogen) atoms. The quantitative estimate of drug-likeness (QED) is 0.168. The van der Waals surface area contributed by atoms with Crippen molar-refractivity contribution in [1.82, 2.24) is 10.6 Å². The van der Waals surface area contributed by atoms with E-state index in [1.165, 1.54) is 12.2 Å². The zero-order chi connectivity index (χ0) is 27.7. The van der Waals surface area contributed by atoms with Crippen molar-refractivity contribution < 1.29 is 9.59 Å². The molecule has 0 radical (unpaired) electrons. The molecule has 0 unspecified atom stereocenters. The Balaban J connectivity index is 1.61. The van der Waals surface area contributed by atoms with Crippen molar-refractivity contribution in [1.29, 1.82) is 5.26 Å². The molecule has 0 spiro atoms. The average molecular weight is 584 g/mol. The highest BCUT2D eigenvalue weighted by molar-refractivity contribution is 6.42. The number of hydrogen-bond donors (Lipinski definition) is 2. The number of nitrogens with one attached hydrogen (secondary N) is 2. The van der Waals surface area contributed by atoms with E-state index in [1.54, 1.807) is 60.7 Å². The summed E-state index contributed by atoms with van der Waals surface area (Å²) in [6, 6.07) is 18.7. The van der Waals surface area contributed by atoms with Gasteiger partial charge in [0.05, 0.1) is 26.7 Å². The number of halogens is 4. The SMILES string of the molecule is [C-]#[N+]C(=Cc1ccc(Cl)c(Cl)c1)C(=O)NCc1cccc(CNC(=O)C(C#N)=Cc2ccc(Cl)c(Cl)c2)c1. The topological polar surface area (TPSA) is 86.3 Å². The molecule has 0 saturated carbocycles. The standard InChI is InChI=1S/C28H18Cl4N4O2/c1-34-26(13-18-6-8-23(30)25(32)12-18)28(38)36-16-20-4-2-3-19(9-20)15-35-27(37)21(14-33)10-17-5-7-22(29)24(31)11-17/h2-13H,15-16H2,(H,35,37)(H,36,38). The lowest BCUT2D eigenvalue weighted by Crippen LogP contribution is -2.25. The highest BCUT2D eigenvalue weighted by atomic mass is 35.5. The first-order chi connectivity index (χ1) is 18.2. The zero-order valence-electron chi connectivity index (χ0n) is 19.6. The number of carbonyl (C=O) groups is 2. The molecule has 0 aliphatic heterocycles. The Morgan fingerprint density at radius 3 is 1.82 bits per heavy atom. The molecule has 10 heteroatoms. The van der Waals surface area contributed by atoms with Crippen LogP contribution in [-0.4, -0.2) is 11.8 Å². The molecular weight excluding hydrogens is 566 g/mol. The van der Waals surface area contributed by atoms with Crippen molar-refractivity contribution >= 4 is 70.4 Å². The van der Waals surface area contributed by atoms with E-state index in [4.69, 9.17) is 53.0 Å². The van der Waals surface area contributed by atoms with E-state index in [-0.39, 0.29) is 24.4 Å². The second kappa shape index (κ2) is 13.7. The lowest BCUT2D eigenvalue weighted by atomic mass is 10.1. The van der Waals surface area contributed by atoms with Gasteiger partial charge in [0.1, 0.15) is 11.6 Å². The predicted molar refractivity (Wildman–Crippen MR) is 151 cm³/mol. The Morgan fingerprint density at radius 2 is 1.32 bits per heavy atom. The molecule has 6 nitrogen and oxygen atoms in total. The zero-order valence-corrected chi connectivity index (χ0v) is 22.6. The maximum atomic E-state index is 12.5. The molecule has 3 aromatic rings. The third kappa shape index (κ3) is 8.11. The Morgan fingerprint density at radius 1 is 0.789 bits per heavy atom. The van der Waals surface area contributed by atoms with Gasteiger partial charge in [-0.1, -0.05) is 82.8 Å². The lowest BCUT2D eigenvalue weighted by molar-refractivity contribution is -0.118. The van der Waals surface area contributed by atoms with E-state index in [0.717, 1.165) is 11.1 Å². The van der Waals surface area contributed by atoms with Crippen LogP contribution in [0.2, 0.25) is 20.1 Å². The normalized spacial score (nSPS) is 11.3. The minimum absolute atomic E-state index is 0.0905. The monoisotopic (exact) mass is 582 g/mol. The molecular formula is C28H18Cl4N4O2. The number of nitriles is 1. The van der Waals surface area contributed by atoms with Crippen LogP contribution >= 0.6 is 46.4 Å². The van der Waals surface area contributed by atoms with Gasteiger partial charge in [0, 0.05) is 13.1 Å². The minimum Gasteiger partial charge on any atom is -0.357 e. The molecule has 0 fully saturated rings. The summed E-state index contributed by atoms with van der Waals surface area (Å²) < 4.78 is 0. The molecule has 0 aromatic heterocycles. The molecule has 190 valence electrons. The van der Waals surface area contributed by atoms with Gasteiger partial charge in [-0.3, -0.25) is 9.59 Å². The van der Waals surface area contributed by atoms with Gasteiger partial charge >= 0.3 is 0 Å². The number of nitrogens with zero attached hydrogens (tertiary/aromatic N) is 2. The number of benzene rings is 3. The molecule has 3 rings (SSSR count). The Labute approximate surface area is 239 Å².